The summed E-state index contributed by atoms with van der Waals surface area (Å²) in [5.41, 5.74) is 0.489. The number of hydrogen-bond donors (Lipinski definition) is 1. The number of sulfonamides is 1. The van der Waals surface area contributed by atoms with Crippen molar-refractivity contribution < 1.29 is 21.9 Å². The van der Waals surface area contributed by atoms with Gasteiger partial charge in [-0.1, -0.05) is 6.92 Å². The smallest absolute Gasteiger partial charge is 0.327 e. The van der Waals surface area contributed by atoms with Crippen LogP contribution in [0.5, 0.6) is 0 Å². The van der Waals surface area contributed by atoms with Gasteiger partial charge in [-0.05, 0) is 28.7 Å². The number of aliphatic hydroxyl groups excluding tert-OH is 1. The van der Waals surface area contributed by atoms with Crippen LogP contribution in [0.1, 0.15) is 29.9 Å². The zero-order valence-corrected chi connectivity index (χ0v) is 11.6. The molecule has 0 aliphatic rings. The van der Waals surface area contributed by atoms with Crippen LogP contribution in [-0.4, -0.2) is 21.9 Å². The normalized spacial score (nSPS) is 13.4. The summed E-state index contributed by atoms with van der Waals surface area (Å²) in [4.78, 5) is 0.629. The summed E-state index contributed by atoms with van der Waals surface area (Å²) in [7, 11) is -7.20. The van der Waals surface area contributed by atoms with E-state index in [0.717, 1.165) is 11.3 Å². The molecule has 0 amide bonds. The van der Waals surface area contributed by atoms with Crippen molar-refractivity contribution in [1.82, 2.24) is 0 Å². The third-order valence-corrected chi connectivity index (χ3v) is 5.73. The van der Waals surface area contributed by atoms with Gasteiger partial charge in [0.15, 0.2) is 0 Å². The van der Waals surface area contributed by atoms with Crippen LogP contribution in [0.3, 0.4) is 0 Å². The van der Waals surface area contributed by atoms with Crippen LogP contribution >= 0.6 is 11.3 Å². The van der Waals surface area contributed by atoms with Gasteiger partial charge in [0.25, 0.3) is 0 Å². The van der Waals surface area contributed by atoms with Gasteiger partial charge in [-0.2, -0.15) is 16.8 Å². The molecular formula is C8H11NO5S3. The van der Waals surface area contributed by atoms with Crippen LogP contribution in [-0.2, 0) is 20.5 Å². The molecule has 0 radical (unpaired) electrons. The molecular weight excluding hydrogens is 286 g/mol. The highest BCUT2D eigenvalue weighted by Crippen LogP contribution is 2.32. The van der Waals surface area contributed by atoms with Gasteiger partial charge in [-0.3, -0.25) is 0 Å². The van der Waals surface area contributed by atoms with Gasteiger partial charge in [0.1, 0.15) is 4.21 Å². The molecule has 1 N–H and O–H groups in total. The lowest BCUT2D eigenvalue weighted by Crippen LogP contribution is -1.95. The van der Waals surface area contributed by atoms with Crippen molar-refractivity contribution in [2.45, 2.75) is 30.6 Å². The first-order valence-corrected chi connectivity index (χ1v) is 7.92. The molecule has 0 aliphatic carbocycles. The molecule has 9 heteroatoms. The first kappa shape index (κ1) is 14.3. The minimum atomic E-state index is -4.18. The Morgan fingerprint density at radius 3 is 2.59 bits per heavy atom. The number of hydrogen-bond acceptors (Lipinski definition) is 6. The van der Waals surface area contributed by atoms with E-state index < -0.39 is 26.6 Å². The second-order valence-electron chi connectivity index (χ2n) is 3.27. The van der Waals surface area contributed by atoms with Crippen LogP contribution < -0.4 is 0 Å². The third-order valence-electron chi connectivity index (χ3n) is 2.09. The molecule has 1 aromatic rings. The molecule has 0 spiro atoms. The number of thiophene rings is 1. The molecule has 96 valence electrons. The maximum atomic E-state index is 11.5. The van der Waals surface area contributed by atoms with E-state index in [2.05, 4.69) is 3.77 Å². The van der Waals surface area contributed by atoms with E-state index in [9.17, 15) is 21.9 Å². The molecule has 1 heterocycles. The Kier molecular flexibility index (Phi) is 4.42. The first-order valence-electron chi connectivity index (χ1n) is 4.63. The lowest BCUT2D eigenvalue weighted by Gasteiger charge is -2.05. The van der Waals surface area contributed by atoms with Crippen LogP contribution in [0.25, 0.3) is 0 Å². The van der Waals surface area contributed by atoms with Gasteiger partial charge in [0.2, 0.25) is 0 Å². The second-order valence-corrected chi connectivity index (χ2v) is 7.20. The fraction of sp³-hybridized carbons (Fsp3) is 0.500. The predicted molar refractivity (Wildman–Crippen MR) is 62.8 cm³/mol. The molecule has 0 fully saturated rings. The van der Waals surface area contributed by atoms with E-state index in [4.69, 9.17) is 0 Å². The molecule has 0 saturated heterocycles. The van der Waals surface area contributed by atoms with E-state index >= 15 is 0 Å². The second kappa shape index (κ2) is 5.25. The Hall–Kier alpha value is -0.770. The highest BCUT2D eigenvalue weighted by atomic mass is 32.3. The molecule has 17 heavy (non-hydrogen) atoms. The standard InChI is InChI=1S/C8H11NO5S3/c1-3-7(10)6-4-8(15-5(6)2)17(13,14)9-16(11)12/h4,7,10H,3H2,1-2H3. The quantitative estimate of drug-likeness (QED) is 0.901. The molecule has 1 atom stereocenters. The topological polar surface area (TPSA) is 101 Å². The maximum absolute atomic E-state index is 11.5. The average Bonchev–Trinajstić information content (AvgIpc) is 2.58. The van der Waals surface area contributed by atoms with E-state index in [-0.39, 0.29) is 4.21 Å². The van der Waals surface area contributed by atoms with Crippen molar-refractivity contribution >= 4 is 31.9 Å². The van der Waals surface area contributed by atoms with Crippen LogP contribution in [0.4, 0.5) is 0 Å². The van der Waals surface area contributed by atoms with E-state index in [1.807, 2.05) is 0 Å². The van der Waals surface area contributed by atoms with E-state index in [0.29, 0.717) is 16.9 Å². The van der Waals surface area contributed by atoms with E-state index in [1.165, 1.54) is 6.07 Å². The zero-order chi connectivity index (χ0) is 13.2. The number of rotatable bonds is 4. The number of aliphatic hydroxyl groups is 1. The molecule has 0 saturated carbocycles. The molecule has 1 aromatic heterocycles. The summed E-state index contributed by atoms with van der Waals surface area (Å²) in [5, 5.41) is 9.63. The van der Waals surface area contributed by atoms with E-state index in [1.54, 1.807) is 13.8 Å². The zero-order valence-electron chi connectivity index (χ0n) is 9.11. The summed E-state index contributed by atoms with van der Waals surface area (Å²) >= 11 is 0.892. The Labute approximate surface area is 105 Å². The summed E-state index contributed by atoms with van der Waals surface area (Å²) in [6.07, 6.45) is -0.310. The fourth-order valence-corrected chi connectivity index (χ4v) is 4.34. The molecule has 0 bridgehead atoms. The average molecular weight is 297 g/mol. The highest BCUT2D eigenvalue weighted by Gasteiger charge is 2.21. The first-order chi connectivity index (χ1) is 7.77. The lowest BCUT2D eigenvalue weighted by atomic mass is 10.1. The summed E-state index contributed by atoms with van der Waals surface area (Å²) in [6, 6.07) is 1.26. The molecule has 0 aliphatic heterocycles. The molecule has 1 unspecified atom stereocenters. The minimum absolute atomic E-state index is 0.179. The minimum Gasteiger partial charge on any atom is -0.388 e. The molecule has 1 rings (SSSR count). The Morgan fingerprint density at radius 1 is 1.53 bits per heavy atom. The molecule has 0 aromatic carbocycles. The van der Waals surface area contributed by atoms with Crippen LogP contribution in [0.2, 0.25) is 0 Å². The number of nitrogens with zero attached hydrogens (tertiary/aromatic N) is 1. The van der Waals surface area contributed by atoms with Gasteiger partial charge in [0, 0.05) is 4.88 Å². The van der Waals surface area contributed by atoms with Crippen molar-refractivity contribution in [2.24, 2.45) is 3.77 Å². The fourth-order valence-electron chi connectivity index (χ4n) is 1.26. The van der Waals surface area contributed by atoms with Crippen molar-refractivity contribution in [3.8, 4) is 0 Å². The summed E-state index contributed by atoms with van der Waals surface area (Å²) < 4.78 is 46.0. The third kappa shape index (κ3) is 3.35. The lowest BCUT2D eigenvalue weighted by molar-refractivity contribution is 0.173. The molecule has 6 nitrogen and oxygen atoms in total. The van der Waals surface area contributed by atoms with Gasteiger partial charge in [0.05, 0.1) is 6.10 Å². The SMILES string of the molecule is CCC(O)c1cc(S(=O)(=O)N=S(=O)=O)sc1C. The van der Waals surface area contributed by atoms with Crippen LogP contribution in [0, 0.1) is 6.92 Å². The summed E-state index contributed by atoms with van der Waals surface area (Å²) in [6.45, 7) is 3.42. The maximum Gasteiger partial charge on any atom is 0.327 e. The van der Waals surface area contributed by atoms with Gasteiger partial charge >= 0.3 is 20.5 Å². The van der Waals surface area contributed by atoms with Crippen molar-refractivity contribution in [1.29, 1.82) is 0 Å². The Balaban J connectivity index is 3.33. The van der Waals surface area contributed by atoms with Gasteiger partial charge in [-0.25, -0.2) is 0 Å². The van der Waals surface area contributed by atoms with Crippen molar-refractivity contribution in [3.05, 3.63) is 16.5 Å². The Bertz CT molecular complexity index is 633. The number of aryl methyl sites for hydroxylation is 1. The van der Waals surface area contributed by atoms with Gasteiger partial charge < -0.3 is 5.11 Å². The Morgan fingerprint density at radius 2 is 2.12 bits per heavy atom. The van der Waals surface area contributed by atoms with Crippen molar-refractivity contribution in [3.63, 3.8) is 0 Å². The van der Waals surface area contributed by atoms with Gasteiger partial charge in [-0.15, -0.1) is 11.3 Å². The van der Waals surface area contributed by atoms with Crippen molar-refractivity contribution in [2.75, 3.05) is 0 Å². The highest BCUT2D eigenvalue weighted by molar-refractivity contribution is 7.95. The monoisotopic (exact) mass is 297 g/mol. The van der Waals surface area contributed by atoms with Crippen LogP contribution in [0.15, 0.2) is 14.0 Å². The predicted octanol–water partition coefficient (Wildman–Crippen LogP) is 1.25. The summed E-state index contributed by atoms with van der Waals surface area (Å²) in [5.74, 6) is 0. The largest absolute Gasteiger partial charge is 0.388 e.